The molecule has 3 heterocycles. The first-order valence-corrected chi connectivity index (χ1v) is 9.72. The predicted octanol–water partition coefficient (Wildman–Crippen LogP) is 2.10. The van der Waals surface area contributed by atoms with E-state index >= 15 is 0 Å². The van der Waals surface area contributed by atoms with Gasteiger partial charge in [0.15, 0.2) is 17.2 Å². The van der Waals surface area contributed by atoms with Gasteiger partial charge >= 0.3 is 0 Å². The number of carbonyl (C=O) groups excluding carboxylic acids is 1. The van der Waals surface area contributed by atoms with Gasteiger partial charge in [0.25, 0.3) is 0 Å². The number of nitrogens with two attached hydrogens (primary N) is 1. The first-order chi connectivity index (χ1) is 14.1. The molecule has 1 fully saturated rings. The summed E-state index contributed by atoms with van der Waals surface area (Å²) in [6, 6.07) is 8.55. The van der Waals surface area contributed by atoms with Gasteiger partial charge in [0, 0.05) is 37.1 Å². The molecule has 1 atom stereocenters. The lowest BCUT2D eigenvalue weighted by atomic mass is 10.0. The standard InChI is InChI=1S/C21H24FN5O2/c1-29-18-5-4-14(11-17(18)22)12-19(28)26-9-6-15(13-26)20-16-3-2-8-24-21(16)27(25-20)10-7-23/h2-5,8,11,15H,6-7,9-10,12-13,23H2,1H3/t15-/m1/s1. The third-order valence-corrected chi connectivity index (χ3v) is 5.38. The fraction of sp³-hybridized carbons (Fsp3) is 0.381. The average Bonchev–Trinajstić information content (AvgIpc) is 3.34. The maximum Gasteiger partial charge on any atom is 0.227 e. The molecular formula is C21H24FN5O2. The van der Waals surface area contributed by atoms with Crippen LogP contribution in [0.3, 0.4) is 0 Å². The highest BCUT2D eigenvalue weighted by molar-refractivity contribution is 5.81. The van der Waals surface area contributed by atoms with Crippen LogP contribution >= 0.6 is 0 Å². The molecule has 2 N–H and O–H groups in total. The predicted molar refractivity (Wildman–Crippen MR) is 107 cm³/mol. The molecule has 0 aliphatic carbocycles. The van der Waals surface area contributed by atoms with Crippen LogP contribution in [0.25, 0.3) is 11.0 Å². The Morgan fingerprint density at radius 3 is 3.00 bits per heavy atom. The van der Waals surface area contributed by atoms with Crippen LogP contribution in [0.1, 0.15) is 23.6 Å². The summed E-state index contributed by atoms with van der Waals surface area (Å²) in [6.45, 7) is 2.35. The van der Waals surface area contributed by atoms with Crippen molar-refractivity contribution in [2.24, 2.45) is 5.73 Å². The van der Waals surface area contributed by atoms with Crippen molar-refractivity contribution in [2.45, 2.75) is 25.3 Å². The Balaban J connectivity index is 1.48. The summed E-state index contributed by atoms with van der Waals surface area (Å²) in [7, 11) is 1.42. The van der Waals surface area contributed by atoms with Gasteiger partial charge in [-0.1, -0.05) is 6.07 Å². The van der Waals surface area contributed by atoms with Crippen molar-refractivity contribution in [3.8, 4) is 5.75 Å². The van der Waals surface area contributed by atoms with Crippen molar-refractivity contribution in [3.05, 3.63) is 53.6 Å². The first kappa shape index (κ1) is 19.3. The molecule has 1 aliphatic rings. The number of pyridine rings is 1. The maximum absolute atomic E-state index is 13.9. The number of nitrogens with zero attached hydrogens (tertiary/aromatic N) is 4. The summed E-state index contributed by atoms with van der Waals surface area (Å²) in [5, 5.41) is 5.75. The van der Waals surface area contributed by atoms with Gasteiger partial charge in [-0.25, -0.2) is 14.1 Å². The molecule has 152 valence electrons. The van der Waals surface area contributed by atoms with Crippen molar-refractivity contribution in [1.82, 2.24) is 19.7 Å². The zero-order valence-electron chi connectivity index (χ0n) is 16.3. The highest BCUT2D eigenvalue weighted by atomic mass is 19.1. The van der Waals surface area contributed by atoms with Gasteiger partial charge in [-0.3, -0.25) is 4.79 Å². The lowest BCUT2D eigenvalue weighted by Crippen LogP contribution is -2.30. The smallest absolute Gasteiger partial charge is 0.227 e. The second-order valence-corrected chi connectivity index (χ2v) is 7.24. The van der Waals surface area contributed by atoms with E-state index in [2.05, 4.69) is 4.98 Å². The number of amides is 1. The van der Waals surface area contributed by atoms with E-state index in [1.165, 1.54) is 13.2 Å². The lowest BCUT2D eigenvalue weighted by Gasteiger charge is -2.16. The van der Waals surface area contributed by atoms with E-state index in [0.29, 0.717) is 31.7 Å². The Hall–Kier alpha value is -3.00. The monoisotopic (exact) mass is 397 g/mol. The number of hydrogen-bond acceptors (Lipinski definition) is 5. The number of hydrogen-bond donors (Lipinski definition) is 1. The zero-order valence-corrected chi connectivity index (χ0v) is 16.3. The number of rotatable bonds is 6. The van der Waals surface area contributed by atoms with Crippen LogP contribution in [0.5, 0.6) is 5.75 Å². The molecule has 1 saturated heterocycles. The molecule has 1 aromatic carbocycles. The minimum absolute atomic E-state index is 0.0131. The van der Waals surface area contributed by atoms with Gasteiger partial charge in [-0.15, -0.1) is 0 Å². The van der Waals surface area contributed by atoms with Crippen molar-refractivity contribution < 1.29 is 13.9 Å². The summed E-state index contributed by atoms with van der Waals surface area (Å²) in [5.74, 6) is -0.143. The third kappa shape index (κ3) is 3.80. The topological polar surface area (TPSA) is 86.3 Å². The Morgan fingerprint density at radius 2 is 2.24 bits per heavy atom. The van der Waals surface area contributed by atoms with Crippen LogP contribution < -0.4 is 10.5 Å². The number of halogens is 1. The summed E-state index contributed by atoms with van der Waals surface area (Å²) in [4.78, 5) is 19.0. The molecule has 3 aromatic rings. The van der Waals surface area contributed by atoms with Gasteiger partial charge in [0.2, 0.25) is 5.91 Å². The summed E-state index contributed by atoms with van der Waals surface area (Å²) < 4.78 is 20.7. The highest BCUT2D eigenvalue weighted by Gasteiger charge is 2.30. The molecule has 0 saturated carbocycles. The second-order valence-electron chi connectivity index (χ2n) is 7.24. The number of carbonyl (C=O) groups is 1. The zero-order chi connectivity index (χ0) is 20.4. The van der Waals surface area contributed by atoms with Crippen LogP contribution in [0.4, 0.5) is 4.39 Å². The van der Waals surface area contributed by atoms with Crippen molar-refractivity contribution >= 4 is 16.9 Å². The van der Waals surface area contributed by atoms with E-state index in [1.54, 1.807) is 18.3 Å². The Kier molecular flexibility index (Phi) is 5.44. The summed E-state index contributed by atoms with van der Waals surface area (Å²) in [6.07, 6.45) is 2.75. The fourth-order valence-corrected chi connectivity index (χ4v) is 3.93. The van der Waals surface area contributed by atoms with E-state index in [1.807, 2.05) is 21.7 Å². The molecule has 0 radical (unpaired) electrons. The molecule has 0 bridgehead atoms. The van der Waals surface area contributed by atoms with Crippen molar-refractivity contribution in [3.63, 3.8) is 0 Å². The molecule has 7 nitrogen and oxygen atoms in total. The number of fused-ring (bicyclic) bond motifs is 1. The number of ether oxygens (including phenoxy) is 1. The quantitative estimate of drug-likeness (QED) is 0.688. The van der Waals surface area contributed by atoms with Crippen molar-refractivity contribution in [2.75, 3.05) is 26.7 Å². The van der Waals surface area contributed by atoms with E-state index in [4.69, 9.17) is 15.6 Å². The lowest BCUT2D eigenvalue weighted by molar-refractivity contribution is -0.129. The van der Waals surface area contributed by atoms with E-state index in [9.17, 15) is 9.18 Å². The van der Waals surface area contributed by atoms with Crippen LogP contribution in [0.2, 0.25) is 0 Å². The van der Waals surface area contributed by atoms with Crippen LogP contribution in [0.15, 0.2) is 36.5 Å². The van der Waals surface area contributed by atoms with E-state index in [-0.39, 0.29) is 24.0 Å². The molecule has 0 spiro atoms. The highest BCUT2D eigenvalue weighted by Crippen LogP contribution is 2.31. The second kappa shape index (κ2) is 8.16. The van der Waals surface area contributed by atoms with Crippen LogP contribution in [-0.4, -0.2) is 52.3 Å². The number of likely N-dealkylation sites (tertiary alicyclic amines) is 1. The molecule has 1 amide bonds. The number of aromatic nitrogens is 3. The molecule has 29 heavy (non-hydrogen) atoms. The Labute approximate surface area is 168 Å². The molecule has 4 rings (SSSR count). The average molecular weight is 397 g/mol. The van der Waals surface area contributed by atoms with E-state index in [0.717, 1.165) is 23.1 Å². The minimum atomic E-state index is -0.457. The van der Waals surface area contributed by atoms with Gasteiger partial charge < -0.3 is 15.4 Å². The number of methoxy groups -OCH3 is 1. The Morgan fingerprint density at radius 1 is 1.38 bits per heavy atom. The van der Waals surface area contributed by atoms with Crippen LogP contribution in [-0.2, 0) is 17.8 Å². The van der Waals surface area contributed by atoms with Gasteiger partial charge in [-0.2, -0.15) is 5.10 Å². The van der Waals surface area contributed by atoms with Crippen LogP contribution in [0, 0.1) is 5.82 Å². The summed E-state index contributed by atoms with van der Waals surface area (Å²) in [5.41, 5.74) is 8.13. The molecular weight excluding hydrogens is 373 g/mol. The first-order valence-electron chi connectivity index (χ1n) is 9.72. The molecule has 0 unspecified atom stereocenters. The Bertz CT molecular complexity index is 1040. The number of benzene rings is 1. The normalized spacial score (nSPS) is 16.5. The minimum Gasteiger partial charge on any atom is -0.494 e. The molecule has 8 heteroatoms. The van der Waals surface area contributed by atoms with Gasteiger partial charge in [0.05, 0.1) is 25.8 Å². The van der Waals surface area contributed by atoms with Gasteiger partial charge in [0.1, 0.15) is 0 Å². The molecule has 2 aromatic heterocycles. The SMILES string of the molecule is COc1ccc(CC(=O)N2CC[C@@H](c3nn(CCN)c4ncccc34)C2)cc1F. The fourth-order valence-electron chi connectivity index (χ4n) is 3.93. The summed E-state index contributed by atoms with van der Waals surface area (Å²) >= 11 is 0. The largest absolute Gasteiger partial charge is 0.494 e. The van der Waals surface area contributed by atoms with Gasteiger partial charge in [-0.05, 0) is 36.2 Å². The maximum atomic E-state index is 13.9. The molecule has 1 aliphatic heterocycles. The third-order valence-electron chi connectivity index (χ3n) is 5.38. The van der Waals surface area contributed by atoms with E-state index < -0.39 is 5.82 Å². The van der Waals surface area contributed by atoms with Crippen molar-refractivity contribution in [1.29, 1.82) is 0 Å².